The van der Waals surface area contributed by atoms with Crippen LogP contribution in [0.4, 0.5) is 0 Å². The number of hydrogen-bond donors (Lipinski definition) is 0. The molecule has 0 fully saturated rings. The van der Waals surface area contributed by atoms with Crippen molar-refractivity contribution in [1.82, 2.24) is 0 Å². The third-order valence-electron chi connectivity index (χ3n) is 2.19. The second-order valence-corrected chi connectivity index (χ2v) is 3.39. The van der Waals surface area contributed by atoms with Crippen LogP contribution in [0.2, 0.25) is 0 Å². The van der Waals surface area contributed by atoms with Gasteiger partial charge in [0.25, 0.3) is 0 Å². The van der Waals surface area contributed by atoms with Gasteiger partial charge in [0.05, 0.1) is 6.61 Å². The lowest BCUT2D eigenvalue weighted by Gasteiger charge is -2.05. The highest BCUT2D eigenvalue weighted by molar-refractivity contribution is 5.91. The van der Waals surface area contributed by atoms with Gasteiger partial charge in [0.1, 0.15) is 0 Å². The predicted molar refractivity (Wildman–Crippen MR) is 61.5 cm³/mol. The molecule has 0 unspecified atom stereocenters. The summed E-state index contributed by atoms with van der Waals surface area (Å²) in [5.74, 6) is -0.279. The first-order chi connectivity index (χ1) is 7.15. The molecule has 2 nitrogen and oxygen atoms in total. The van der Waals surface area contributed by atoms with Crippen LogP contribution in [0.3, 0.4) is 0 Å². The highest BCUT2D eigenvalue weighted by Gasteiger charge is 2.02. The van der Waals surface area contributed by atoms with Gasteiger partial charge in [-0.15, -0.1) is 0 Å². The van der Waals surface area contributed by atoms with Crippen molar-refractivity contribution in [3.63, 3.8) is 0 Å². The molecule has 1 rings (SSSR count). The fraction of sp³-hybridized carbons (Fsp3) is 0.308. The number of hydrogen-bond acceptors (Lipinski definition) is 2. The van der Waals surface area contributed by atoms with Crippen LogP contribution in [0.15, 0.2) is 30.3 Å². The minimum absolute atomic E-state index is 0.279. The molecule has 0 bridgehead atoms. The van der Waals surface area contributed by atoms with Crippen LogP contribution in [0, 0.1) is 6.92 Å². The summed E-state index contributed by atoms with van der Waals surface area (Å²) in [5, 5.41) is 0. The summed E-state index contributed by atoms with van der Waals surface area (Å²) in [6.07, 6.45) is 1.53. The van der Waals surface area contributed by atoms with E-state index in [0.29, 0.717) is 6.61 Å². The van der Waals surface area contributed by atoms with Gasteiger partial charge in [-0.05, 0) is 37.5 Å². The molecule has 1 aromatic rings. The SMILES string of the molecule is CCOC(=O)C=C(C)c1ccccc1C. The maximum atomic E-state index is 11.2. The first-order valence-corrected chi connectivity index (χ1v) is 5.06. The zero-order chi connectivity index (χ0) is 11.3. The van der Waals surface area contributed by atoms with Crippen molar-refractivity contribution in [2.75, 3.05) is 6.61 Å². The van der Waals surface area contributed by atoms with Crippen LogP contribution < -0.4 is 0 Å². The van der Waals surface area contributed by atoms with Crippen LogP contribution in [0.25, 0.3) is 5.57 Å². The number of carbonyl (C=O) groups is 1. The van der Waals surface area contributed by atoms with Gasteiger partial charge in [-0.3, -0.25) is 0 Å². The van der Waals surface area contributed by atoms with Gasteiger partial charge in [0.2, 0.25) is 0 Å². The van der Waals surface area contributed by atoms with E-state index in [1.165, 1.54) is 6.08 Å². The van der Waals surface area contributed by atoms with Gasteiger partial charge in [0.15, 0.2) is 0 Å². The van der Waals surface area contributed by atoms with Crippen molar-refractivity contribution < 1.29 is 9.53 Å². The van der Waals surface area contributed by atoms with Crippen LogP contribution in [0.5, 0.6) is 0 Å². The van der Waals surface area contributed by atoms with Crippen molar-refractivity contribution in [3.05, 3.63) is 41.5 Å². The first-order valence-electron chi connectivity index (χ1n) is 5.06. The van der Waals surface area contributed by atoms with E-state index in [1.54, 1.807) is 6.92 Å². The maximum Gasteiger partial charge on any atom is 0.331 e. The topological polar surface area (TPSA) is 26.3 Å². The Morgan fingerprint density at radius 2 is 2.07 bits per heavy atom. The third kappa shape index (κ3) is 3.24. The average Bonchev–Trinajstić information content (AvgIpc) is 2.18. The highest BCUT2D eigenvalue weighted by atomic mass is 16.5. The Balaban J connectivity index is 2.89. The van der Waals surface area contributed by atoms with Gasteiger partial charge in [-0.1, -0.05) is 24.3 Å². The summed E-state index contributed by atoms with van der Waals surface area (Å²) in [5.41, 5.74) is 3.19. The fourth-order valence-corrected chi connectivity index (χ4v) is 1.45. The summed E-state index contributed by atoms with van der Waals surface area (Å²) < 4.78 is 4.86. The second kappa shape index (κ2) is 5.35. The summed E-state index contributed by atoms with van der Waals surface area (Å²) in [7, 11) is 0. The number of allylic oxidation sites excluding steroid dienone is 1. The molecule has 0 aliphatic carbocycles. The Hall–Kier alpha value is -1.57. The molecule has 0 radical (unpaired) electrons. The molecule has 0 spiro atoms. The lowest BCUT2D eigenvalue weighted by molar-refractivity contribution is -0.137. The Morgan fingerprint density at radius 3 is 2.67 bits per heavy atom. The molecular formula is C13H16O2. The molecular weight excluding hydrogens is 188 g/mol. The van der Waals surface area contributed by atoms with Gasteiger partial charge in [0, 0.05) is 6.08 Å². The van der Waals surface area contributed by atoms with E-state index in [1.807, 2.05) is 38.1 Å². The van der Waals surface area contributed by atoms with Crippen LogP contribution in [-0.4, -0.2) is 12.6 Å². The normalized spacial score (nSPS) is 11.3. The molecule has 0 aliphatic rings. The number of ether oxygens (including phenoxy) is 1. The molecule has 0 aliphatic heterocycles. The Bertz CT molecular complexity index is 378. The lowest BCUT2D eigenvalue weighted by atomic mass is 10.0. The summed E-state index contributed by atoms with van der Waals surface area (Å²) in [6, 6.07) is 7.97. The molecule has 2 heteroatoms. The Morgan fingerprint density at radius 1 is 1.40 bits per heavy atom. The minimum Gasteiger partial charge on any atom is -0.463 e. The molecule has 0 saturated heterocycles. The highest BCUT2D eigenvalue weighted by Crippen LogP contribution is 2.17. The van der Waals surface area contributed by atoms with E-state index < -0.39 is 0 Å². The van der Waals surface area contributed by atoms with E-state index in [0.717, 1.165) is 16.7 Å². The third-order valence-corrected chi connectivity index (χ3v) is 2.19. The standard InChI is InChI=1S/C13H16O2/c1-4-15-13(14)9-11(3)12-8-6-5-7-10(12)2/h5-9H,4H2,1-3H3. The number of carbonyl (C=O) groups excluding carboxylic acids is 1. The second-order valence-electron chi connectivity index (χ2n) is 3.39. The summed E-state index contributed by atoms with van der Waals surface area (Å²) in [6.45, 7) is 6.16. The van der Waals surface area contributed by atoms with E-state index in [9.17, 15) is 4.79 Å². The molecule has 0 amide bonds. The molecule has 0 heterocycles. The summed E-state index contributed by atoms with van der Waals surface area (Å²) >= 11 is 0. The van der Waals surface area contributed by atoms with Crippen molar-refractivity contribution in [2.45, 2.75) is 20.8 Å². The zero-order valence-corrected chi connectivity index (χ0v) is 9.41. The fourth-order valence-electron chi connectivity index (χ4n) is 1.45. The van der Waals surface area contributed by atoms with Gasteiger partial charge < -0.3 is 4.74 Å². The van der Waals surface area contributed by atoms with Crippen LogP contribution in [-0.2, 0) is 9.53 Å². The summed E-state index contributed by atoms with van der Waals surface area (Å²) in [4.78, 5) is 11.2. The van der Waals surface area contributed by atoms with Gasteiger partial charge in [-0.2, -0.15) is 0 Å². The predicted octanol–water partition coefficient (Wildman–Crippen LogP) is 2.96. The Labute approximate surface area is 90.6 Å². The first kappa shape index (κ1) is 11.5. The molecule has 0 atom stereocenters. The number of rotatable bonds is 3. The van der Waals surface area contributed by atoms with Gasteiger partial charge >= 0.3 is 5.97 Å². The van der Waals surface area contributed by atoms with Crippen molar-refractivity contribution >= 4 is 11.5 Å². The number of benzene rings is 1. The minimum atomic E-state index is -0.279. The molecule has 1 aromatic carbocycles. The van der Waals surface area contributed by atoms with E-state index >= 15 is 0 Å². The molecule has 0 saturated carbocycles. The largest absolute Gasteiger partial charge is 0.463 e. The molecule has 0 N–H and O–H groups in total. The van der Waals surface area contributed by atoms with Crippen LogP contribution >= 0.6 is 0 Å². The van der Waals surface area contributed by atoms with Crippen molar-refractivity contribution in [3.8, 4) is 0 Å². The number of esters is 1. The van der Waals surface area contributed by atoms with Crippen molar-refractivity contribution in [1.29, 1.82) is 0 Å². The maximum absolute atomic E-state index is 11.2. The zero-order valence-electron chi connectivity index (χ0n) is 9.41. The van der Waals surface area contributed by atoms with Crippen molar-refractivity contribution in [2.24, 2.45) is 0 Å². The van der Waals surface area contributed by atoms with E-state index in [2.05, 4.69) is 0 Å². The van der Waals surface area contributed by atoms with Gasteiger partial charge in [-0.25, -0.2) is 4.79 Å². The van der Waals surface area contributed by atoms with Crippen LogP contribution in [0.1, 0.15) is 25.0 Å². The molecule has 15 heavy (non-hydrogen) atoms. The monoisotopic (exact) mass is 204 g/mol. The van der Waals surface area contributed by atoms with E-state index in [4.69, 9.17) is 4.74 Å². The lowest BCUT2D eigenvalue weighted by Crippen LogP contribution is -2.00. The molecule has 0 aromatic heterocycles. The van der Waals surface area contributed by atoms with E-state index in [-0.39, 0.29) is 5.97 Å². The molecule has 80 valence electrons. The smallest absolute Gasteiger partial charge is 0.331 e. The Kier molecular flexibility index (Phi) is 4.10. The average molecular weight is 204 g/mol. The number of aryl methyl sites for hydroxylation is 1. The quantitative estimate of drug-likeness (QED) is 0.559.